The van der Waals surface area contributed by atoms with Crippen molar-refractivity contribution in [2.24, 2.45) is 0 Å². The quantitative estimate of drug-likeness (QED) is 0.752. The molecule has 5 rings (SSSR count). The van der Waals surface area contributed by atoms with E-state index in [1.54, 1.807) is 0 Å². The smallest absolute Gasteiger partial charge is 0.166 e. The second kappa shape index (κ2) is 5.74. The van der Waals surface area contributed by atoms with E-state index in [-0.39, 0.29) is 0 Å². The van der Waals surface area contributed by atoms with Gasteiger partial charge in [-0.15, -0.1) is 0 Å². The number of aromatic amines is 1. The van der Waals surface area contributed by atoms with Crippen LogP contribution in [0.1, 0.15) is 30.1 Å². The van der Waals surface area contributed by atoms with Gasteiger partial charge in [0.25, 0.3) is 0 Å². The summed E-state index contributed by atoms with van der Waals surface area (Å²) >= 11 is 0. The van der Waals surface area contributed by atoms with E-state index in [0.29, 0.717) is 19.3 Å². The molecule has 1 saturated heterocycles. The van der Waals surface area contributed by atoms with Crippen molar-refractivity contribution in [3.05, 3.63) is 35.7 Å². The maximum Gasteiger partial charge on any atom is 0.166 e. The topological polar surface area (TPSA) is 72.1 Å². The summed E-state index contributed by atoms with van der Waals surface area (Å²) in [6.07, 6.45) is 4.20. The van der Waals surface area contributed by atoms with Crippen LogP contribution in [-0.2, 0) is 0 Å². The molecule has 2 N–H and O–H groups in total. The molecule has 128 valence electrons. The van der Waals surface area contributed by atoms with Crippen LogP contribution < -0.4 is 14.8 Å². The minimum atomic E-state index is 0.322. The van der Waals surface area contributed by atoms with Crippen LogP contribution in [0, 0.1) is 6.92 Å². The number of hydrogen-bond acceptors (Lipinski definition) is 5. The van der Waals surface area contributed by atoms with Crippen molar-refractivity contribution >= 4 is 11.0 Å². The third-order valence-electron chi connectivity index (χ3n) is 5.05. The van der Waals surface area contributed by atoms with Gasteiger partial charge in [-0.05, 0) is 50.1 Å². The second-order valence-corrected chi connectivity index (χ2v) is 6.67. The van der Waals surface area contributed by atoms with Crippen molar-refractivity contribution in [1.82, 2.24) is 20.5 Å². The number of hydrogen-bond donors (Lipinski definition) is 2. The molecule has 1 unspecified atom stereocenters. The van der Waals surface area contributed by atoms with Gasteiger partial charge in [0, 0.05) is 28.8 Å². The fourth-order valence-electron chi connectivity index (χ4n) is 3.74. The standard InChI is InChI=1S/C19H20N4O2/c1-11-14-8-13(10-21-19(14)23-22-11)12-7-15(16-3-2-4-20-16)18-17(9-12)24-5-6-25-18/h7-10,16,20H,2-6H2,1H3,(H,21,22,23). The molecule has 0 bridgehead atoms. The average molecular weight is 336 g/mol. The molecule has 2 aliphatic rings. The van der Waals surface area contributed by atoms with E-state index < -0.39 is 0 Å². The number of H-pyrrole nitrogens is 1. The van der Waals surface area contributed by atoms with Crippen molar-refractivity contribution in [3.63, 3.8) is 0 Å². The lowest BCUT2D eigenvalue weighted by atomic mass is 9.97. The fraction of sp³-hybridized carbons (Fsp3) is 0.368. The highest BCUT2D eigenvalue weighted by Gasteiger charge is 2.26. The van der Waals surface area contributed by atoms with Crippen molar-refractivity contribution in [3.8, 4) is 22.6 Å². The first-order valence-electron chi connectivity index (χ1n) is 8.77. The lowest BCUT2D eigenvalue weighted by molar-refractivity contribution is 0.169. The Morgan fingerprint density at radius 2 is 2.04 bits per heavy atom. The van der Waals surface area contributed by atoms with Gasteiger partial charge in [0.1, 0.15) is 13.2 Å². The lowest BCUT2D eigenvalue weighted by Gasteiger charge is -2.25. The summed E-state index contributed by atoms with van der Waals surface area (Å²) in [4.78, 5) is 4.51. The maximum absolute atomic E-state index is 5.94. The number of aromatic nitrogens is 3. The molecular weight excluding hydrogens is 316 g/mol. The van der Waals surface area contributed by atoms with Gasteiger partial charge in [0.2, 0.25) is 0 Å². The van der Waals surface area contributed by atoms with Gasteiger partial charge in [0.15, 0.2) is 17.1 Å². The molecule has 1 atom stereocenters. The molecule has 2 aliphatic heterocycles. The van der Waals surface area contributed by atoms with E-state index >= 15 is 0 Å². The minimum absolute atomic E-state index is 0.322. The number of benzene rings is 1. The first-order valence-corrected chi connectivity index (χ1v) is 8.77. The van der Waals surface area contributed by atoms with Crippen LogP contribution in [0.4, 0.5) is 0 Å². The summed E-state index contributed by atoms with van der Waals surface area (Å²) in [5, 5.41) is 11.8. The lowest BCUT2D eigenvalue weighted by Crippen LogP contribution is -2.20. The first kappa shape index (κ1) is 14.7. The molecule has 3 aromatic rings. The van der Waals surface area contributed by atoms with Crippen LogP contribution in [0.5, 0.6) is 11.5 Å². The summed E-state index contributed by atoms with van der Waals surface area (Å²) in [5.74, 6) is 1.72. The van der Waals surface area contributed by atoms with Crippen LogP contribution in [0.3, 0.4) is 0 Å². The zero-order valence-electron chi connectivity index (χ0n) is 14.1. The zero-order valence-corrected chi connectivity index (χ0v) is 14.1. The molecule has 6 heteroatoms. The van der Waals surface area contributed by atoms with E-state index in [9.17, 15) is 0 Å². The number of ether oxygens (including phenoxy) is 2. The molecule has 0 aliphatic carbocycles. The molecule has 4 heterocycles. The summed E-state index contributed by atoms with van der Waals surface area (Å²) in [5.41, 5.74) is 5.13. The normalized spacial score (nSPS) is 19.5. The van der Waals surface area contributed by atoms with Crippen LogP contribution >= 0.6 is 0 Å². The average Bonchev–Trinajstić information content (AvgIpc) is 3.31. The number of rotatable bonds is 2. The Hall–Kier alpha value is -2.60. The van der Waals surface area contributed by atoms with Gasteiger partial charge in [-0.25, -0.2) is 4.98 Å². The molecule has 2 aromatic heterocycles. The van der Waals surface area contributed by atoms with Gasteiger partial charge in [-0.1, -0.05) is 0 Å². The summed E-state index contributed by atoms with van der Waals surface area (Å²) in [6.45, 7) is 4.23. The molecule has 0 saturated carbocycles. The Bertz CT molecular complexity index is 944. The van der Waals surface area contributed by atoms with E-state index in [2.05, 4.69) is 38.7 Å². The van der Waals surface area contributed by atoms with E-state index in [1.807, 2.05) is 13.1 Å². The predicted octanol–water partition coefficient (Wildman–Crippen LogP) is 3.13. The van der Waals surface area contributed by atoms with Gasteiger partial charge in [-0.2, -0.15) is 5.10 Å². The molecule has 1 aromatic carbocycles. The van der Waals surface area contributed by atoms with Gasteiger partial charge >= 0.3 is 0 Å². The summed E-state index contributed by atoms with van der Waals surface area (Å²) in [6, 6.07) is 6.74. The third kappa shape index (κ3) is 2.44. The Morgan fingerprint density at radius 3 is 2.92 bits per heavy atom. The number of fused-ring (bicyclic) bond motifs is 2. The van der Waals surface area contributed by atoms with Crippen molar-refractivity contribution in [1.29, 1.82) is 0 Å². The van der Waals surface area contributed by atoms with Crippen LogP contribution in [-0.4, -0.2) is 34.9 Å². The molecule has 0 spiro atoms. The van der Waals surface area contributed by atoms with Crippen LogP contribution in [0.15, 0.2) is 24.4 Å². The highest BCUT2D eigenvalue weighted by Crippen LogP contribution is 2.43. The Balaban J connectivity index is 1.66. The van der Waals surface area contributed by atoms with Crippen molar-refractivity contribution in [2.45, 2.75) is 25.8 Å². The summed E-state index contributed by atoms with van der Waals surface area (Å²) < 4.78 is 11.8. The maximum atomic E-state index is 5.94. The van der Waals surface area contributed by atoms with Crippen molar-refractivity contribution < 1.29 is 9.47 Å². The predicted molar refractivity (Wildman–Crippen MR) is 95.0 cm³/mol. The highest BCUT2D eigenvalue weighted by molar-refractivity contribution is 5.83. The van der Waals surface area contributed by atoms with E-state index in [0.717, 1.165) is 52.3 Å². The Morgan fingerprint density at radius 1 is 1.12 bits per heavy atom. The third-order valence-corrected chi connectivity index (χ3v) is 5.05. The monoisotopic (exact) mass is 336 g/mol. The fourth-order valence-corrected chi connectivity index (χ4v) is 3.74. The first-order chi connectivity index (χ1) is 12.3. The second-order valence-electron chi connectivity index (χ2n) is 6.67. The molecule has 1 fully saturated rings. The van der Waals surface area contributed by atoms with Gasteiger partial charge in [-0.3, -0.25) is 5.10 Å². The highest BCUT2D eigenvalue weighted by atomic mass is 16.6. The number of aryl methyl sites for hydroxylation is 1. The van der Waals surface area contributed by atoms with Gasteiger partial charge in [0.05, 0.1) is 5.69 Å². The molecule has 6 nitrogen and oxygen atoms in total. The zero-order chi connectivity index (χ0) is 16.8. The Kier molecular flexibility index (Phi) is 3.38. The van der Waals surface area contributed by atoms with E-state index in [1.165, 1.54) is 12.0 Å². The SMILES string of the molecule is Cc1n[nH]c2ncc(-c3cc4c(c(C5CCCN5)c3)OCCO4)cc12. The molecular formula is C19H20N4O2. The van der Waals surface area contributed by atoms with Gasteiger partial charge < -0.3 is 14.8 Å². The van der Waals surface area contributed by atoms with Crippen LogP contribution in [0.25, 0.3) is 22.2 Å². The summed E-state index contributed by atoms with van der Waals surface area (Å²) in [7, 11) is 0. The number of nitrogens with one attached hydrogen (secondary N) is 2. The molecule has 25 heavy (non-hydrogen) atoms. The minimum Gasteiger partial charge on any atom is -0.486 e. The van der Waals surface area contributed by atoms with E-state index in [4.69, 9.17) is 9.47 Å². The van der Waals surface area contributed by atoms with Crippen LogP contribution in [0.2, 0.25) is 0 Å². The Labute approximate surface area is 145 Å². The van der Waals surface area contributed by atoms with Crippen molar-refractivity contribution in [2.75, 3.05) is 19.8 Å². The molecule has 0 radical (unpaired) electrons. The number of pyridine rings is 1. The molecule has 0 amide bonds. The number of nitrogens with zero attached hydrogens (tertiary/aromatic N) is 2. The largest absolute Gasteiger partial charge is 0.486 e.